The van der Waals surface area contributed by atoms with Crippen LogP contribution in [0.15, 0.2) is 12.4 Å². The molecule has 1 atom stereocenters. The maximum atomic E-state index is 12.2. The van der Waals surface area contributed by atoms with Crippen molar-refractivity contribution in [2.24, 2.45) is 0 Å². The molecule has 0 aliphatic carbocycles. The predicted molar refractivity (Wildman–Crippen MR) is 89.4 cm³/mol. The molecular formula is C15H24N4O3S. The number of carbonyl (C=O) groups is 1. The Balaban J connectivity index is 2.16. The number of rotatable bonds is 6. The van der Waals surface area contributed by atoms with Gasteiger partial charge in [-0.3, -0.25) is 4.79 Å². The summed E-state index contributed by atoms with van der Waals surface area (Å²) in [5.74, 6) is 0.856. The fourth-order valence-electron chi connectivity index (χ4n) is 2.88. The average Bonchev–Trinajstić information content (AvgIpc) is 2.89. The Bertz CT molecular complexity index is 641. The summed E-state index contributed by atoms with van der Waals surface area (Å²) in [6.45, 7) is 7.70. The minimum atomic E-state index is -2.95. The van der Waals surface area contributed by atoms with E-state index < -0.39 is 9.84 Å². The van der Waals surface area contributed by atoms with Crippen molar-refractivity contribution in [3.05, 3.63) is 18.1 Å². The van der Waals surface area contributed by atoms with Gasteiger partial charge in [0.05, 0.1) is 23.9 Å². The van der Waals surface area contributed by atoms with Crippen LogP contribution in [0.4, 0.5) is 5.82 Å². The normalized spacial score (nSPS) is 19.5. The number of nitrogens with zero attached hydrogens (tertiary/aromatic N) is 4. The monoisotopic (exact) mass is 340 g/mol. The fraction of sp³-hybridized carbons (Fsp3) is 0.667. The van der Waals surface area contributed by atoms with E-state index in [0.29, 0.717) is 37.6 Å². The van der Waals surface area contributed by atoms with Gasteiger partial charge < -0.3 is 9.80 Å². The summed E-state index contributed by atoms with van der Waals surface area (Å²) in [6.07, 6.45) is 3.64. The molecule has 8 heteroatoms. The van der Waals surface area contributed by atoms with Gasteiger partial charge in [-0.2, -0.15) is 0 Å². The Morgan fingerprint density at radius 3 is 2.30 bits per heavy atom. The lowest BCUT2D eigenvalue weighted by Crippen LogP contribution is -2.37. The van der Waals surface area contributed by atoms with E-state index in [0.717, 1.165) is 0 Å². The molecule has 1 fully saturated rings. The maximum absolute atomic E-state index is 12.2. The zero-order valence-corrected chi connectivity index (χ0v) is 14.7. The molecule has 0 radical (unpaired) electrons. The lowest BCUT2D eigenvalue weighted by molar-refractivity contribution is 0.0766. The van der Waals surface area contributed by atoms with Crippen LogP contribution in [0.3, 0.4) is 0 Å². The van der Waals surface area contributed by atoms with E-state index in [2.05, 4.69) is 9.97 Å². The van der Waals surface area contributed by atoms with E-state index in [-0.39, 0.29) is 23.5 Å². The first kappa shape index (κ1) is 17.7. The first-order valence-electron chi connectivity index (χ1n) is 8.00. The minimum Gasteiger partial charge on any atom is -0.352 e. The summed E-state index contributed by atoms with van der Waals surface area (Å²) in [5.41, 5.74) is 0.313. The summed E-state index contributed by atoms with van der Waals surface area (Å²) in [7, 11) is -2.95. The van der Waals surface area contributed by atoms with Crippen LogP contribution < -0.4 is 4.90 Å². The minimum absolute atomic E-state index is 0.0661. The topological polar surface area (TPSA) is 83.5 Å². The molecular weight excluding hydrogens is 316 g/mol. The molecule has 1 amide bonds. The molecule has 0 bridgehead atoms. The average molecular weight is 340 g/mol. The molecule has 7 nitrogen and oxygen atoms in total. The highest BCUT2D eigenvalue weighted by atomic mass is 32.2. The van der Waals surface area contributed by atoms with E-state index in [1.165, 1.54) is 6.20 Å². The molecule has 0 N–H and O–H groups in total. The van der Waals surface area contributed by atoms with E-state index in [4.69, 9.17) is 0 Å². The van der Waals surface area contributed by atoms with Gasteiger partial charge >= 0.3 is 0 Å². The third kappa shape index (κ3) is 3.99. The van der Waals surface area contributed by atoms with Gasteiger partial charge in [0.1, 0.15) is 11.5 Å². The third-order valence-electron chi connectivity index (χ3n) is 4.19. The van der Waals surface area contributed by atoms with Gasteiger partial charge in [0.25, 0.3) is 5.91 Å². The maximum Gasteiger partial charge on any atom is 0.274 e. The molecule has 0 saturated carbocycles. The molecule has 1 aliphatic rings. The fourth-order valence-corrected chi connectivity index (χ4v) is 4.61. The number of sulfone groups is 1. The first-order valence-corrected chi connectivity index (χ1v) is 9.82. The zero-order valence-electron chi connectivity index (χ0n) is 13.9. The quantitative estimate of drug-likeness (QED) is 0.767. The largest absolute Gasteiger partial charge is 0.352 e. The Hall–Kier alpha value is -1.70. The van der Waals surface area contributed by atoms with Crippen LogP contribution in [0.2, 0.25) is 0 Å². The van der Waals surface area contributed by atoms with Crippen molar-refractivity contribution in [3.8, 4) is 0 Å². The van der Waals surface area contributed by atoms with Crippen molar-refractivity contribution in [2.45, 2.75) is 33.2 Å². The second-order valence-corrected chi connectivity index (χ2v) is 7.81. The van der Waals surface area contributed by atoms with Crippen LogP contribution in [-0.4, -0.2) is 66.4 Å². The number of hydrogen-bond donors (Lipinski definition) is 0. The van der Waals surface area contributed by atoms with Crippen molar-refractivity contribution in [2.75, 3.05) is 36.0 Å². The molecule has 128 valence electrons. The molecule has 2 heterocycles. The standard InChI is InChI=1S/C15H24N4O3S/c1-4-18(5-2)15(20)13-9-17-14(10-16-13)19(6-3)12-7-8-23(21,22)11-12/h9-10,12H,4-8,11H2,1-3H3. The van der Waals surface area contributed by atoms with Gasteiger partial charge in [-0.05, 0) is 27.2 Å². The first-order chi connectivity index (χ1) is 10.9. The van der Waals surface area contributed by atoms with Gasteiger partial charge in [0.15, 0.2) is 9.84 Å². The SMILES string of the molecule is CCN(CC)C(=O)c1cnc(N(CC)C2CCS(=O)(=O)C2)cn1. The van der Waals surface area contributed by atoms with Crippen LogP contribution >= 0.6 is 0 Å². The van der Waals surface area contributed by atoms with Crippen LogP contribution in [0.25, 0.3) is 0 Å². The highest BCUT2D eigenvalue weighted by Crippen LogP contribution is 2.22. The second-order valence-electron chi connectivity index (χ2n) is 5.58. The van der Waals surface area contributed by atoms with Crippen LogP contribution in [0.1, 0.15) is 37.7 Å². The van der Waals surface area contributed by atoms with E-state index in [9.17, 15) is 13.2 Å². The van der Waals surface area contributed by atoms with Gasteiger partial charge in [0, 0.05) is 25.7 Å². The molecule has 1 aromatic heterocycles. The summed E-state index contributed by atoms with van der Waals surface area (Å²) >= 11 is 0. The summed E-state index contributed by atoms with van der Waals surface area (Å²) < 4.78 is 23.3. The highest BCUT2D eigenvalue weighted by Gasteiger charge is 2.32. The van der Waals surface area contributed by atoms with Crippen molar-refractivity contribution >= 4 is 21.6 Å². The van der Waals surface area contributed by atoms with Crippen molar-refractivity contribution in [1.29, 1.82) is 0 Å². The summed E-state index contributed by atoms with van der Waals surface area (Å²) in [4.78, 5) is 24.4. The van der Waals surface area contributed by atoms with E-state index in [1.54, 1.807) is 11.1 Å². The van der Waals surface area contributed by atoms with Crippen LogP contribution in [-0.2, 0) is 9.84 Å². The molecule has 1 unspecified atom stereocenters. The zero-order chi connectivity index (χ0) is 17.0. The lowest BCUT2D eigenvalue weighted by atomic mass is 10.2. The second kappa shape index (κ2) is 7.25. The Labute approximate surface area is 137 Å². The highest BCUT2D eigenvalue weighted by molar-refractivity contribution is 7.91. The molecule has 1 aliphatic heterocycles. The number of aromatic nitrogens is 2. The smallest absolute Gasteiger partial charge is 0.274 e. The Morgan fingerprint density at radius 2 is 1.87 bits per heavy atom. The molecule has 23 heavy (non-hydrogen) atoms. The predicted octanol–water partition coefficient (Wildman–Crippen LogP) is 0.972. The molecule has 1 saturated heterocycles. The number of hydrogen-bond acceptors (Lipinski definition) is 6. The van der Waals surface area contributed by atoms with Crippen molar-refractivity contribution in [3.63, 3.8) is 0 Å². The van der Waals surface area contributed by atoms with E-state index in [1.807, 2.05) is 25.7 Å². The Morgan fingerprint density at radius 1 is 1.17 bits per heavy atom. The number of amides is 1. The number of anilines is 1. The molecule has 0 spiro atoms. The van der Waals surface area contributed by atoms with Gasteiger partial charge in [-0.15, -0.1) is 0 Å². The van der Waals surface area contributed by atoms with Gasteiger partial charge in [-0.1, -0.05) is 0 Å². The molecule has 1 aromatic rings. The van der Waals surface area contributed by atoms with Gasteiger partial charge in [-0.25, -0.2) is 18.4 Å². The van der Waals surface area contributed by atoms with Gasteiger partial charge in [0.2, 0.25) is 0 Å². The summed E-state index contributed by atoms with van der Waals surface area (Å²) in [5, 5.41) is 0. The molecule has 2 rings (SSSR count). The van der Waals surface area contributed by atoms with Crippen LogP contribution in [0.5, 0.6) is 0 Å². The van der Waals surface area contributed by atoms with E-state index >= 15 is 0 Å². The van der Waals surface area contributed by atoms with Crippen molar-refractivity contribution in [1.82, 2.24) is 14.9 Å². The summed E-state index contributed by atoms with van der Waals surface area (Å²) in [6, 6.07) is -0.0661. The van der Waals surface area contributed by atoms with Crippen molar-refractivity contribution < 1.29 is 13.2 Å². The number of carbonyl (C=O) groups excluding carboxylic acids is 1. The Kier molecular flexibility index (Phi) is 5.56. The third-order valence-corrected chi connectivity index (χ3v) is 5.94. The lowest BCUT2D eigenvalue weighted by Gasteiger charge is -2.27. The van der Waals surface area contributed by atoms with Crippen LogP contribution in [0, 0.1) is 0 Å². The molecule has 0 aromatic carbocycles.